The smallest absolute Gasteiger partial charge is 0.338 e. The first kappa shape index (κ1) is 28.6. The van der Waals surface area contributed by atoms with Gasteiger partial charge in [-0.25, -0.2) is 13.2 Å². The van der Waals surface area contributed by atoms with E-state index in [4.69, 9.17) is 21.1 Å². The third-order valence-corrected chi connectivity index (χ3v) is 6.95. The molecular weight excluding hydrogens is 513 g/mol. The second-order valence-corrected chi connectivity index (χ2v) is 9.73. The number of hydrogen-bond acceptors (Lipinski definition) is 7. The van der Waals surface area contributed by atoms with Crippen LogP contribution in [0.3, 0.4) is 0 Å². The summed E-state index contributed by atoms with van der Waals surface area (Å²) in [5.41, 5.74) is 1.02. The molecule has 0 aliphatic carbocycles. The van der Waals surface area contributed by atoms with Gasteiger partial charge >= 0.3 is 5.97 Å². The molecule has 0 saturated carbocycles. The number of rotatable bonds is 11. The number of aliphatic hydroxyl groups excluding tert-OH is 1. The number of esters is 1. The summed E-state index contributed by atoms with van der Waals surface area (Å²) >= 11 is 5.94. The average Bonchev–Trinajstić information content (AvgIpc) is 2.84. The molecule has 0 spiro atoms. The first-order valence-corrected chi connectivity index (χ1v) is 12.6. The van der Waals surface area contributed by atoms with Crippen molar-refractivity contribution in [1.29, 1.82) is 0 Å². The van der Waals surface area contributed by atoms with E-state index >= 15 is 0 Å². The van der Waals surface area contributed by atoms with Crippen molar-refractivity contribution in [2.24, 2.45) is 0 Å². The second kappa shape index (κ2) is 13.5. The molecule has 35 heavy (non-hydrogen) atoms. The van der Waals surface area contributed by atoms with E-state index in [9.17, 15) is 18.3 Å². The van der Waals surface area contributed by atoms with Crippen LogP contribution >= 0.6 is 24.0 Å². The van der Waals surface area contributed by atoms with Crippen molar-refractivity contribution in [2.45, 2.75) is 22.8 Å². The lowest BCUT2D eigenvalue weighted by Gasteiger charge is -2.13. The predicted molar refractivity (Wildman–Crippen MR) is 136 cm³/mol. The molecule has 3 rings (SSSR count). The maximum Gasteiger partial charge on any atom is 0.338 e. The molecule has 2 N–H and O–H groups in total. The highest BCUT2D eigenvalue weighted by Gasteiger charge is 2.18. The molecule has 0 heterocycles. The standard InChI is InChI=1S/C25H26ClNO6S.ClH/c1-2-32-25(29)18-6-10-22(11-7-18)34(30,31)23-12-8-21(9-13-23)33-15-14-27-17-24(28)19-4-3-5-20(26)16-19;/h3-13,16,24,27-28H,2,14-15,17H2,1H3;1H/t24-;/m0./s1. The van der Waals surface area contributed by atoms with Crippen LogP contribution in [0, 0.1) is 0 Å². The fourth-order valence-electron chi connectivity index (χ4n) is 3.15. The van der Waals surface area contributed by atoms with Crippen LogP contribution in [0.5, 0.6) is 5.75 Å². The third kappa shape index (κ3) is 7.95. The van der Waals surface area contributed by atoms with Gasteiger partial charge in [0.15, 0.2) is 0 Å². The fourth-order valence-corrected chi connectivity index (χ4v) is 4.61. The number of hydrogen-bond donors (Lipinski definition) is 2. The lowest BCUT2D eigenvalue weighted by atomic mass is 10.1. The van der Waals surface area contributed by atoms with E-state index in [1.807, 2.05) is 0 Å². The maximum atomic E-state index is 12.9. The summed E-state index contributed by atoms with van der Waals surface area (Å²) in [4.78, 5) is 11.9. The van der Waals surface area contributed by atoms with Gasteiger partial charge in [0, 0.05) is 18.1 Å². The van der Waals surface area contributed by atoms with E-state index in [2.05, 4.69) is 5.32 Å². The molecule has 0 aliphatic heterocycles. The Kier molecular flexibility index (Phi) is 11.0. The Hall–Kier alpha value is -2.62. The molecule has 0 radical (unpaired) electrons. The minimum atomic E-state index is -3.74. The van der Waals surface area contributed by atoms with Gasteiger partial charge in [-0.3, -0.25) is 0 Å². The number of benzene rings is 3. The quantitative estimate of drug-likeness (QED) is 0.273. The third-order valence-electron chi connectivity index (χ3n) is 4.93. The van der Waals surface area contributed by atoms with Crippen LogP contribution in [0.4, 0.5) is 0 Å². The van der Waals surface area contributed by atoms with E-state index in [0.29, 0.717) is 36.0 Å². The average molecular weight is 540 g/mol. The van der Waals surface area contributed by atoms with Gasteiger partial charge in [0.2, 0.25) is 9.84 Å². The van der Waals surface area contributed by atoms with Gasteiger partial charge < -0.3 is 19.9 Å². The van der Waals surface area contributed by atoms with E-state index in [1.165, 1.54) is 36.4 Å². The van der Waals surface area contributed by atoms with Crippen molar-refractivity contribution >= 4 is 39.8 Å². The van der Waals surface area contributed by atoms with Crippen LogP contribution in [0.25, 0.3) is 0 Å². The molecule has 0 saturated heterocycles. The Morgan fingerprint density at radius 2 is 1.66 bits per heavy atom. The molecule has 0 aliphatic rings. The molecule has 3 aromatic rings. The second-order valence-electron chi connectivity index (χ2n) is 7.34. The van der Waals surface area contributed by atoms with Gasteiger partial charge in [-0.15, -0.1) is 12.4 Å². The largest absolute Gasteiger partial charge is 0.492 e. The van der Waals surface area contributed by atoms with E-state index in [0.717, 1.165) is 5.56 Å². The molecule has 0 aromatic heterocycles. The molecule has 0 unspecified atom stereocenters. The van der Waals surface area contributed by atoms with Crippen LogP contribution in [0.1, 0.15) is 28.9 Å². The summed E-state index contributed by atoms with van der Waals surface area (Å²) in [6.45, 7) is 3.12. The summed E-state index contributed by atoms with van der Waals surface area (Å²) in [5.74, 6) is 0.0233. The van der Waals surface area contributed by atoms with Gasteiger partial charge in [0.05, 0.1) is 28.1 Å². The lowest BCUT2D eigenvalue weighted by Crippen LogP contribution is -2.26. The molecule has 3 aromatic carbocycles. The molecular formula is C25H27Cl2NO6S. The zero-order valence-corrected chi connectivity index (χ0v) is 21.4. The molecule has 0 bridgehead atoms. The highest BCUT2D eigenvalue weighted by Crippen LogP contribution is 2.24. The van der Waals surface area contributed by atoms with Gasteiger partial charge in [-0.2, -0.15) is 0 Å². The molecule has 0 fully saturated rings. The molecule has 188 valence electrons. The highest BCUT2D eigenvalue weighted by atomic mass is 35.5. The number of halogens is 2. The highest BCUT2D eigenvalue weighted by molar-refractivity contribution is 7.91. The minimum absolute atomic E-state index is 0. The van der Waals surface area contributed by atoms with E-state index < -0.39 is 21.9 Å². The van der Waals surface area contributed by atoms with Crippen LogP contribution in [-0.4, -0.2) is 45.8 Å². The first-order valence-electron chi connectivity index (χ1n) is 10.7. The van der Waals surface area contributed by atoms with E-state index in [-0.39, 0.29) is 28.8 Å². The van der Waals surface area contributed by atoms with Crippen molar-refractivity contribution in [3.05, 3.63) is 88.9 Å². The van der Waals surface area contributed by atoms with Gasteiger partial charge in [-0.05, 0) is 73.2 Å². The minimum Gasteiger partial charge on any atom is -0.492 e. The molecule has 7 nitrogen and oxygen atoms in total. The molecule has 0 amide bonds. The monoisotopic (exact) mass is 539 g/mol. The Morgan fingerprint density at radius 1 is 1.03 bits per heavy atom. The summed E-state index contributed by atoms with van der Waals surface area (Å²) < 4.78 is 36.3. The molecule has 10 heteroatoms. The van der Waals surface area contributed by atoms with Crippen molar-refractivity contribution < 1.29 is 27.8 Å². The van der Waals surface area contributed by atoms with E-state index in [1.54, 1.807) is 43.3 Å². The van der Waals surface area contributed by atoms with Crippen LogP contribution < -0.4 is 10.1 Å². The molecule has 1 atom stereocenters. The van der Waals surface area contributed by atoms with Crippen molar-refractivity contribution in [1.82, 2.24) is 5.32 Å². The van der Waals surface area contributed by atoms with Crippen molar-refractivity contribution in [3.63, 3.8) is 0 Å². The Balaban J connectivity index is 0.00000432. The number of nitrogens with one attached hydrogen (secondary N) is 1. The van der Waals surface area contributed by atoms with Crippen LogP contribution in [0.15, 0.2) is 82.6 Å². The Morgan fingerprint density at radius 3 is 2.26 bits per heavy atom. The Bertz CT molecular complexity index is 1200. The predicted octanol–water partition coefficient (Wildman–Crippen LogP) is 4.47. The Labute approximate surface area is 216 Å². The number of ether oxygens (including phenoxy) is 2. The summed E-state index contributed by atoms with van der Waals surface area (Å²) in [6, 6.07) is 18.8. The summed E-state index contributed by atoms with van der Waals surface area (Å²) in [7, 11) is -3.74. The van der Waals surface area contributed by atoms with Crippen molar-refractivity contribution in [3.8, 4) is 5.75 Å². The number of sulfone groups is 1. The van der Waals surface area contributed by atoms with Gasteiger partial charge in [0.25, 0.3) is 0 Å². The SMILES string of the molecule is CCOC(=O)c1ccc(S(=O)(=O)c2ccc(OCCNC[C@H](O)c3cccc(Cl)c3)cc2)cc1.Cl. The fraction of sp³-hybridized carbons (Fsp3) is 0.240. The number of carbonyl (C=O) groups is 1. The van der Waals surface area contributed by atoms with Crippen molar-refractivity contribution in [2.75, 3.05) is 26.3 Å². The summed E-state index contributed by atoms with van der Waals surface area (Å²) in [5, 5.41) is 13.9. The number of aliphatic hydroxyl groups is 1. The maximum absolute atomic E-state index is 12.9. The summed E-state index contributed by atoms with van der Waals surface area (Å²) in [6.07, 6.45) is -0.686. The normalized spacial score (nSPS) is 11.9. The lowest BCUT2D eigenvalue weighted by molar-refractivity contribution is 0.0526. The zero-order chi connectivity index (χ0) is 24.6. The zero-order valence-electron chi connectivity index (χ0n) is 19.0. The first-order chi connectivity index (χ1) is 16.3. The van der Waals surface area contributed by atoms with Crippen LogP contribution in [0.2, 0.25) is 5.02 Å². The van der Waals surface area contributed by atoms with Gasteiger partial charge in [-0.1, -0.05) is 23.7 Å². The topological polar surface area (TPSA) is 102 Å². The van der Waals surface area contributed by atoms with Crippen LogP contribution in [-0.2, 0) is 14.6 Å². The number of carbonyl (C=O) groups excluding carboxylic acids is 1. The van der Waals surface area contributed by atoms with Gasteiger partial charge in [0.1, 0.15) is 12.4 Å².